The molecule has 0 aromatic rings. The third kappa shape index (κ3) is 1.05. The van der Waals surface area contributed by atoms with Crippen molar-refractivity contribution in [1.82, 2.24) is 10.2 Å². The first-order valence-electron chi connectivity index (χ1n) is 3.58. The zero-order chi connectivity index (χ0) is 8.39. The van der Waals surface area contributed by atoms with Gasteiger partial charge in [-0.3, -0.25) is 4.79 Å². The fraction of sp³-hybridized carbons (Fsp3) is 0. The Labute approximate surface area is 69.0 Å². The van der Waals surface area contributed by atoms with Gasteiger partial charge in [-0.15, -0.1) is 0 Å². The lowest BCUT2D eigenvalue weighted by Crippen LogP contribution is -2.00. The van der Waals surface area contributed by atoms with Crippen molar-refractivity contribution < 1.29 is 0 Å². The highest BCUT2D eigenvalue weighted by Gasteiger charge is 2.01. The van der Waals surface area contributed by atoms with Crippen molar-refractivity contribution in [2.75, 3.05) is 0 Å². The molecule has 0 fully saturated rings. The molecule has 0 atom stereocenters. The van der Waals surface area contributed by atoms with Gasteiger partial charge in [0.1, 0.15) is 0 Å². The third-order valence-electron chi connectivity index (χ3n) is 1.67. The molecule has 0 aromatic carbocycles. The van der Waals surface area contributed by atoms with Crippen LogP contribution in [0.1, 0.15) is 0 Å². The summed E-state index contributed by atoms with van der Waals surface area (Å²) >= 11 is 0. The van der Waals surface area contributed by atoms with E-state index in [0.717, 1.165) is 5.56 Å². The van der Waals surface area contributed by atoms with Crippen LogP contribution in [0.4, 0.5) is 0 Å². The summed E-state index contributed by atoms with van der Waals surface area (Å²) in [5, 5.41) is 7.40. The van der Waals surface area contributed by atoms with Gasteiger partial charge in [0, 0.05) is 11.1 Å². The smallest absolute Gasteiger partial charge is 0.186 e. The standard InChI is InChI=1S/C9H6N2O/c12-9-3-1-2-7-6-11-10-5-4-8(7)9/h1-6H. The summed E-state index contributed by atoms with van der Waals surface area (Å²) in [7, 11) is 0. The second kappa shape index (κ2) is 2.70. The number of hydrogen-bond acceptors (Lipinski definition) is 3. The van der Waals surface area contributed by atoms with Crippen LogP contribution >= 0.6 is 0 Å². The molecule has 58 valence electrons. The van der Waals surface area contributed by atoms with Crippen molar-refractivity contribution in [1.29, 1.82) is 0 Å². The number of benzene rings is 1. The minimum atomic E-state index is 0.00676. The number of hydrogen-bond donors (Lipinski definition) is 0. The Morgan fingerprint density at radius 2 is 2.00 bits per heavy atom. The van der Waals surface area contributed by atoms with Gasteiger partial charge in [-0.05, 0) is 12.1 Å². The molecule has 2 rings (SSSR count). The SMILES string of the molecule is O=c1cccc2cnnccc1-2. The lowest BCUT2D eigenvalue weighted by molar-refractivity contribution is 1.06. The Morgan fingerprint density at radius 1 is 1.08 bits per heavy atom. The third-order valence-corrected chi connectivity index (χ3v) is 1.67. The summed E-state index contributed by atoms with van der Waals surface area (Å²) in [6.07, 6.45) is 3.10. The van der Waals surface area contributed by atoms with Gasteiger partial charge in [0.05, 0.1) is 12.4 Å². The first-order valence-corrected chi connectivity index (χ1v) is 3.58. The first-order chi connectivity index (χ1) is 5.88. The second-order valence-corrected chi connectivity index (χ2v) is 2.43. The molecule has 0 N–H and O–H groups in total. The van der Waals surface area contributed by atoms with Crippen LogP contribution in [0.5, 0.6) is 0 Å². The van der Waals surface area contributed by atoms with E-state index in [1.54, 1.807) is 18.3 Å². The van der Waals surface area contributed by atoms with Crippen LogP contribution in [0.15, 0.2) is 41.5 Å². The number of rotatable bonds is 0. The van der Waals surface area contributed by atoms with Gasteiger partial charge in [-0.25, -0.2) is 0 Å². The molecule has 1 heterocycles. The molecule has 0 aromatic heterocycles. The highest BCUT2D eigenvalue weighted by molar-refractivity contribution is 5.62. The first kappa shape index (κ1) is 6.91. The van der Waals surface area contributed by atoms with Crippen LogP contribution in [-0.4, -0.2) is 10.2 Å². The predicted molar refractivity (Wildman–Crippen MR) is 44.9 cm³/mol. The number of aromatic nitrogens is 2. The van der Waals surface area contributed by atoms with Crippen molar-refractivity contribution in [3.8, 4) is 11.1 Å². The molecule has 3 heteroatoms. The van der Waals surface area contributed by atoms with E-state index in [2.05, 4.69) is 10.2 Å². The Balaban J connectivity index is 2.88. The summed E-state index contributed by atoms with van der Waals surface area (Å²) < 4.78 is 0. The summed E-state index contributed by atoms with van der Waals surface area (Å²) in [5.74, 6) is 0. The van der Waals surface area contributed by atoms with E-state index in [-0.39, 0.29) is 5.43 Å². The van der Waals surface area contributed by atoms with E-state index < -0.39 is 0 Å². The molecular formula is C9H6N2O. The summed E-state index contributed by atoms with van der Waals surface area (Å²) in [5.41, 5.74) is 1.48. The van der Waals surface area contributed by atoms with Crippen molar-refractivity contribution >= 4 is 0 Å². The highest BCUT2D eigenvalue weighted by Crippen LogP contribution is 2.11. The number of nitrogens with zero attached hydrogens (tertiary/aromatic N) is 2. The maximum absolute atomic E-state index is 11.3. The van der Waals surface area contributed by atoms with E-state index in [9.17, 15) is 4.79 Å². The fourth-order valence-corrected chi connectivity index (χ4v) is 1.09. The van der Waals surface area contributed by atoms with Crippen molar-refractivity contribution in [2.45, 2.75) is 0 Å². The molecule has 2 aliphatic rings. The van der Waals surface area contributed by atoms with E-state index >= 15 is 0 Å². The molecule has 12 heavy (non-hydrogen) atoms. The van der Waals surface area contributed by atoms with Gasteiger partial charge >= 0.3 is 0 Å². The molecule has 1 aliphatic carbocycles. The van der Waals surface area contributed by atoms with E-state index in [1.165, 1.54) is 12.3 Å². The minimum absolute atomic E-state index is 0.00676. The van der Waals surface area contributed by atoms with Crippen LogP contribution in [0.2, 0.25) is 0 Å². The van der Waals surface area contributed by atoms with Crippen LogP contribution in [-0.2, 0) is 0 Å². The molecular weight excluding hydrogens is 152 g/mol. The Hall–Kier alpha value is -1.77. The van der Waals surface area contributed by atoms with Crippen LogP contribution in [0.25, 0.3) is 11.1 Å². The van der Waals surface area contributed by atoms with Gasteiger partial charge in [0.25, 0.3) is 0 Å². The molecule has 0 amide bonds. The zero-order valence-electron chi connectivity index (χ0n) is 6.27. The second-order valence-electron chi connectivity index (χ2n) is 2.43. The monoisotopic (exact) mass is 158 g/mol. The predicted octanol–water partition coefficient (Wildman–Crippen LogP) is 0.942. The minimum Gasteiger partial charge on any atom is -0.289 e. The topological polar surface area (TPSA) is 42.9 Å². The fourth-order valence-electron chi connectivity index (χ4n) is 1.09. The summed E-state index contributed by atoms with van der Waals surface area (Å²) in [6.45, 7) is 0. The molecule has 0 saturated carbocycles. The van der Waals surface area contributed by atoms with Crippen molar-refractivity contribution in [3.63, 3.8) is 0 Å². The Bertz CT molecular complexity index is 428. The quantitative estimate of drug-likeness (QED) is 0.573. The number of fused-ring (bicyclic) bond motifs is 1. The summed E-state index contributed by atoms with van der Waals surface area (Å²) in [6, 6.07) is 6.75. The van der Waals surface area contributed by atoms with Gasteiger partial charge in [0.2, 0.25) is 0 Å². The summed E-state index contributed by atoms with van der Waals surface area (Å²) in [4.78, 5) is 11.3. The van der Waals surface area contributed by atoms with E-state index in [0.29, 0.717) is 5.56 Å². The average Bonchev–Trinajstić information content (AvgIpc) is 2.30. The van der Waals surface area contributed by atoms with E-state index in [4.69, 9.17) is 0 Å². The highest BCUT2D eigenvalue weighted by atomic mass is 16.1. The molecule has 1 aliphatic heterocycles. The average molecular weight is 158 g/mol. The lowest BCUT2D eigenvalue weighted by atomic mass is 10.1. The van der Waals surface area contributed by atoms with Gasteiger partial charge in [-0.1, -0.05) is 12.1 Å². The van der Waals surface area contributed by atoms with Gasteiger partial charge in [-0.2, -0.15) is 10.2 Å². The zero-order valence-corrected chi connectivity index (χ0v) is 6.27. The normalized spacial score (nSPS) is 10.0. The molecule has 0 saturated heterocycles. The maximum Gasteiger partial charge on any atom is 0.186 e. The largest absolute Gasteiger partial charge is 0.289 e. The Morgan fingerprint density at radius 3 is 2.92 bits per heavy atom. The molecule has 3 nitrogen and oxygen atoms in total. The van der Waals surface area contributed by atoms with Crippen molar-refractivity contribution in [3.05, 3.63) is 46.9 Å². The molecule has 0 unspecified atom stereocenters. The van der Waals surface area contributed by atoms with Crippen LogP contribution in [0.3, 0.4) is 0 Å². The van der Waals surface area contributed by atoms with Crippen LogP contribution < -0.4 is 5.43 Å². The van der Waals surface area contributed by atoms with Gasteiger partial charge < -0.3 is 0 Å². The lowest BCUT2D eigenvalue weighted by Gasteiger charge is -1.94. The Kier molecular flexibility index (Phi) is 1.55. The molecule has 0 bridgehead atoms. The molecule has 0 radical (unpaired) electrons. The van der Waals surface area contributed by atoms with E-state index in [1.807, 2.05) is 6.07 Å². The van der Waals surface area contributed by atoms with Gasteiger partial charge in [0.15, 0.2) is 5.43 Å². The van der Waals surface area contributed by atoms with Crippen molar-refractivity contribution in [2.24, 2.45) is 0 Å². The maximum atomic E-state index is 11.3. The molecule has 0 spiro atoms. The van der Waals surface area contributed by atoms with Crippen LogP contribution in [0, 0.1) is 0 Å².